The van der Waals surface area contributed by atoms with Gasteiger partial charge in [-0.3, -0.25) is 0 Å². The average molecular weight is 750 g/mol. The summed E-state index contributed by atoms with van der Waals surface area (Å²) in [5.74, 6) is 0.283. The van der Waals surface area contributed by atoms with Crippen LogP contribution in [0.2, 0.25) is 0 Å². The summed E-state index contributed by atoms with van der Waals surface area (Å²) < 4.78 is 0. The van der Waals surface area contributed by atoms with Gasteiger partial charge in [0.05, 0.1) is 0 Å². The third-order valence-corrected chi connectivity index (χ3v) is 12.7. The maximum absolute atomic E-state index is 6.79. The number of rotatable bonds is 4. The van der Waals surface area contributed by atoms with Crippen molar-refractivity contribution < 1.29 is 16.8 Å². The van der Waals surface area contributed by atoms with Gasteiger partial charge in [0.15, 0.2) is 0 Å². The molecular weight excluding hydrogens is 699 g/mol. The smallest absolute Gasteiger partial charge is 0.656 e. The molecule has 8 bridgehead atoms. The summed E-state index contributed by atoms with van der Waals surface area (Å²) in [5.41, 5.74) is 35.0. The molecule has 275 valence electrons. The van der Waals surface area contributed by atoms with Gasteiger partial charge >= 0.3 is 16.8 Å². The van der Waals surface area contributed by atoms with Crippen molar-refractivity contribution in [2.45, 2.75) is 97.7 Å². The first-order valence-corrected chi connectivity index (χ1v) is 19.1. The number of hydrogen-bond donors (Lipinski definition) is 6. The van der Waals surface area contributed by atoms with E-state index < -0.39 is 0 Å². The molecule has 9 heteroatoms. The molecule has 0 aliphatic carbocycles. The van der Waals surface area contributed by atoms with Crippen molar-refractivity contribution in [3.05, 3.63) is 154 Å². The van der Waals surface area contributed by atoms with Crippen molar-refractivity contribution in [1.29, 1.82) is 0 Å². The zero-order valence-corrected chi connectivity index (χ0v) is 30.9. The Morgan fingerprint density at radius 2 is 0.642 bits per heavy atom. The maximum atomic E-state index is 6.79. The molecule has 4 aromatic carbocycles. The Hall–Kier alpha value is -4.09. The van der Waals surface area contributed by atoms with E-state index in [9.17, 15) is 0 Å². The molecule has 10 atom stereocenters. The minimum atomic E-state index is 0. The van der Waals surface area contributed by atoms with Crippen molar-refractivity contribution in [2.24, 2.45) is 0 Å². The van der Waals surface area contributed by atoms with Crippen LogP contribution in [0.3, 0.4) is 0 Å². The third kappa shape index (κ3) is 6.58. The fourth-order valence-electron chi connectivity index (χ4n) is 10.4. The number of nitrogens with two attached hydrogens (primary N) is 4. The van der Waals surface area contributed by atoms with Crippen molar-refractivity contribution in [3.63, 3.8) is 0 Å². The van der Waals surface area contributed by atoms with E-state index in [0.29, 0.717) is 0 Å². The van der Waals surface area contributed by atoms with Crippen LogP contribution in [0.25, 0.3) is 10.6 Å². The van der Waals surface area contributed by atoms with Gasteiger partial charge in [0, 0.05) is 52.8 Å². The molecule has 5 aliphatic heterocycles. The van der Waals surface area contributed by atoms with Gasteiger partial charge in [0.1, 0.15) is 0 Å². The van der Waals surface area contributed by atoms with Crippen molar-refractivity contribution in [1.82, 2.24) is 10.6 Å². The summed E-state index contributed by atoms with van der Waals surface area (Å²) in [6.45, 7) is 0. The Bertz CT molecular complexity index is 1880. The van der Waals surface area contributed by atoms with Crippen LogP contribution in [0, 0.1) is 0 Å². The van der Waals surface area contributed by atoms with Gasteiger partial charge in [0.25, 0.3) is 0 Å². The molecular formula is C44H50CoN8. The van der Waals surface area contributed by atoms with Crippen molar-refractivity contribution >= 4 is 22.7 Å². The number of nitrogens with one attached hydrogen (secondary N) is 2. The van der Waals surface area contributed by atoms with Crippen LogP contribution in [0.1, 0.15) is 71.6 Å². The minimum absolute atomic E-state index is 0. The SMILES string of the molecule is Nc1ccccc1C1C2CCC([N-]2)C(c2ccccc2N)C2C=CC(N2)C(c2ccccc2N)C2C=CC(N2)C(c2ccccc2N)C2CCC1[N-]2.[Co+2]. The number of fused-ring (bicyclic) bond motifs is 8. The summed E-state index contributed by atoms with van der Waals surface area (Å²) in [6.07, 6.45) is 13.4. The molecule has 0 saturated carbocycles. The fraction of sp³-hybridized carbons (Fsp3) is 0.364. The third-order valence-electron chi connectivity index (χ3n) is 12.7. The minimum Gasteiger partial charge on any atom is -0.656 e. The normalized spacial score (nSPS) is 34.6. The Balaban J connectivity index is 0.00000400. The number of benzene rings is 4. The molecule has 5 heterocycles. The molecule has 0 spiro atoms. The predicted octanol–water partition coefficient (Wildman–Crippen LogP) is 7.06. The van der Waals surface area contributed by atoms with E-state index in [-0.39, 0.29) is 88.8 Å². The van der Waals surface area contributed by atoms with Crippen LogP contribution in [-0.2, 0) is 16.8 Å². The van der Waals surface area contributed by atoms with Gasteiger partial charge in [-0.1, -0.05) is 123 Å². The molecule has 3 fully saturated rings. The monoisotopic (exact) mass is 749 g/mol. The second-order valence-corrected chi connectivity index (χ2v) is 15.5. The molecule has 4 aromatic rings. The van der Waals surface area contributed by atoms with E-state index >= 15 is 0 Å². The van der Waals surface area contributed by atoms with Crippen LogP contribution in [-0.4, -0.2) is 48.3 Å². The molecule has 1 radical (unpaired) electrons. The van der Waals surface area contributed by atoms with Crippen molar-refractivity contribution in [2.75, 3.05) is 22.9 Å². The van der Waals surface area contributed by atoms with Crippen molar-refractivity contribution in [3.8, 4) is 0 Å². The average Bonchev–Trinajstić information content (AvgIpc) is 3.99. The summed E-state index contributed by atoms with van der Waals surface area (Å²) in [7, 11) is 0. The van der Waals surface area contributed by atoms with E-state index in [1.54, 1.807) is 0 Å². The molecule has 3 saturated heterocycles. The van der Waals surface area contributed by atoms with Gasteiger partial charge in [-0.25, -0.2) is 0 Å². The van der Waals surface area contributed by atoms with Crippen LogP contribution in [0.15, 0.2) is 121 Å². The van der Waals surface area contributed by atoms with Crippen LogP contribution in [0.4, 0.5) is 22.7 Å². The summed E-state index contributed by atoms with van der Waals surface area (Å²) >= 11 is 0. The first kappa shape index (κ1) is 35.9. The standard InChI is InChI=1S/C44H50N8.Co/c45-29-13-5-1-9-25(29)41-33-17-19-35(49-33)42(26-10-2-6-14-30(26)46)37-21-23-39(51-37)44(28-12-4-8-16-32(28)48)40-24-22-38(52-40)43(36-20-18-34(41)50-36)27-11-3-7-15-31(27)47;/h1-20,33-44,49-50H,21-24,45-48H2;/q-2;+2. The van der Waals surface area contributed by atoms with Crippen LogP contribution >= 0.6 is 0 Å². The first-order valence-electron chi connectivity index (χ1n) is 19.1. The summed E-state index contributed by atoms with van der Waals surface area (Å²) in [4.78, 5) is 0. The van der Waals surface area contributed by atoms with E-state index in [1.165, 1.54) is 5.56 Å². The van der Waals surface area contributed by atoms with Crippen LogP contribution in [0.5, 0.6) is 0 Å². The fourth-order valence-corrected chi connectivity index (χ4v) is 10.4. The van der Waals surface area contributed by atoms with Crippen LogP contribution < -0.4 is 33.6 Å². The molecule has 9 rings (SSSR count). The second-order valence-electron chi connectivity index (χ2n) is 15.5. The quantitative estimate of drug-likeness (QED) is 0.0969. The van der Waals surface area contributed by atoms with Gasteiger partial charge in [0.2, 0.25) is 0 Å². The number of nitrogens with zero attached hydrogens (tertiary/aromatic N) is 2. The van der Waals surface area contributed by atoms with E-state index in [4.69, 9.17) is 33.6 Å². The topological polar surface area (TPSA) is 156 Å². The van der Waals surface area contributed by atoms with E-state index in [2.05, 4.69) is 83.5 Å². The van der Waals surface area contributed by atoms with Gasteiger partial charge in [-0.15, -0.1) is 24.2 Å². The number of hydrogen-bond acceptors (Lipinski definition) is 6. The molecule has 8 nitrogen and oxygen atoms in total. The molecule has 0 aromatic heterocycles. The summed E-state index contributed by atoms with van der Waals surface area (Å²) in [5, 5.41) is 19.7. The molecule has 5 aliphatic rings. The molecule has 10 N–H and O–H groups in total. The zero-order valence-electron chi connectivity index (χ0n) is 29.8. The number of para-hydroxylation sites is 4. The Morgan fingerprint density at radius 1 is 0.377 bits per heavy atom. The number of anilines is 4. The maximum Gasteiger partial charge on any atom is 2.00 e. The van der Waals surface area contributed by atoms with Gasteiger partial charge < -0.3 is 44.2 Å². The Kier molecular flexibility index (Phi) is 10.1. The molecule has 0 amide bonds. The Morgan fingerprint density at radius 3 is 0.981 bits per heavy atom. The van der Waals surface area contributed by atoms with E-state index in [1.807, 2.05) is 48.5 Å². The second kappa shape index (κ2) is 15.0. The number of nitrogen functional groups attached to an aromatic ring is 4. The van der Waals surface area contributed by atoms with E-state index in [0.717, 1.165) is 65.1 Å². The Labute approximate surface area is 323 Å². The zero-order chi connectivity index (χ0) is 35.3. The largest absolute Gasteiger partial charge is 2.00 e. The first-order chi connectivity index (χ1) is 25.4. The molecule has 10 unspecified atom stereocenters. The summed E-state index contributed by atoms with van der Waals surface area (Å²) in [6, 6.07) is 33.9. The predicted molar refractivity (Wildman–Crippen MR) is 214 cm³/mol. The van der Waals surface area contributed by atoms with Gasteiger partial charge in [-0.05, 0) is 64.3 Å². The molecule has 53 heavy (non-hydrogen) atoms. The van der Waals surface area contributed by atoms with Gasteiger partial charge in [-0.2, -0.15) is 0 Å².